The molecule has 48 heavy (non-hydrogen) atoms. The maximum Gasteiger partial charge on any atom is 0.221 e. The Labute approximate surface area is 278 Å². The molecule has 0 aliphatic carbocycles. The van der Waals surface area contributed by atoms with Gasteiger partial charge >= 0.3 is 0 Å². The molecule has 13 nitrogen and oxygen atoms in total. The van der Waals surface area contributed by atoms with Gasteiger partial charge in [0.05, 0.1) is 39.2 Å². The number of nitrogens with zero attached hydrogens (tertiary/aromatic N) is 6. The fourth-order valence-corrected chi connectivity index (χ4v) is 5.75. The minimum absolute atomic E-state index is 0.0883. The molecule has 0 amide bonds. The van der Waals surface area contributed by atoms with Crippen molar-refractivity contribution >= 4 is 23.8 Å². The zero-order valence-corrected chi connectivity index (χ0v) is 26.9. The van der Waals surface area contributed by atoms with Crippen molar-refractivity contribution in [3.05, 3.63) is 107 Å². The second-order valence-corrected chi connectivity index (χ2v) is 11.3. The highest BCUT2D eigenvalue weighted by Gasteiger charge is 2.26. The number of ketones is 1. The SMILES string of the molecule is COc1cc(Cc2cnc(N)nc2N)cc(C(=O)C=CN2N=Cc3ccccc3C2c2ccc(OCCN3CCOCC3)nc2)c1OC. The molecule has 2 aromatic carbocycles. The van der Waals surface area contributed by atoms with Crippen molar-refractivity contribution in [1.82, 2.24) is 24.9 Å². The maximum absolute atomic E-state index is 13.8. The largest absolute Gasteiger partial charge is 0.493 e. The molecule has 1 atom stereocenters. The summed E-state index contributed by atoms with van der Waals surface area (Å²) in [5.74, 6) is 1.32. The summed E-state index contributed by atoms with van der Waals surface area (Å²) in [5.41, 5.74) is 16.4. The zero-order chi connectivity index (χ0) is 33.5. The van der Waals surface area contributed by atoms with Crippen molar-refractivity contribution in [3.8, 4) is 17.4 Å². The lowest BCUT2D eigenvalue weighted by molar-refractivity contribution is 0.0320. The lowest BCUT2D eigenvalue weighted by Crippen LogP contribution is -2.38. The van der Waals surface area contributed by atoms with Gasteiger partial charge in [-0.3, -0.25) is 14.7 Å². The number of aromatic nitrogens is 3. The van der Waals surface area contributed by atoms with Gasteiger partial charge in [0.2, 0.25) is 11.8 Å². The molecule has 1 unspecified atom stereocenters. The number of nitrogen functional groups attached to an aromatic ring is 2. The smallest absolute Gasteiger partial charge is 0.221 e. The van der Waals surface area contributed by atoms with Crippen molar-refractivity contribution in [1.29, 1.82) is 0 Å². The Hall–Kier alpha value is -5.53. The van der Waals surface area contributed by atoms with Crippen LogP contribution >= 0.6 is 0 Å². The van der Waals surface area contributed by atoms with Gasteiger partial charge in [-0.1, -0.05) is 24.3 Å². The van der Waals surface area contributed by atoms with Crippen LogP contribution < -0.4 is 25.7 Å². The Bertz CT molecular complexity index is 1810. The molecule has 4 aromatic rings. The minimum atomic E-state index is -0.332. The second kappa shape index (κ2) is 14.9. The average Bonchev–Trinajstić information content (AvgIpc) is 3.12. The van der Waals surface area contributed by atoms with E-state index in [1.807, 2.05) is 36.4 Å². The molecule has 0 bridgehead atoms. The first-order valence-electron chi connectivity index (χ1n) is 15.6. The van der Waals surface area contributed by atoms with E-state index in [-0.39, 0.29) is 23.6 Å². The van der Waals surface area contributed by atoms with Crippen molar-refractivity contribution in [3.63, 3.8) is 0 Å². The van der Waals surface area contributed by atoms with Gasteiger partial charge in [0, 0.05) is 67.9 Å². The number of carbonyl (C=O) groups excluding carboxylic acids is 1. The van der Waals surface area contributed by atoms with Crippen LogP contribution in [0.5, 0.6) is 17.4 Å². The van der Waals surface area contributed by atoms with Crippen molar-refractivity contribution < 1.29 is 23.7 Å². The highest BCUT2D eigenvalue weighted by Crippen LogP contribution is 2.36. The summed E-state index contributed by atoms with van der Waals surface area (Å²) >= 11 is 0. The van der Waals surface area contributed by atoms with E-state index in [1.165, 1.54) is 20.3 Å². The third kappa shape index (κ3) is 7.37. The molecular formula is C35H38N8O5. The minimum Gasteiger partial charge on any atom is -0.493 e. The van der Waals surface area contributed by atoms with Crippen LogP contribution in [0.1, 0.15) is 44.2 Å². The molecule has 13 heteroatoms. The Morgan fingerprint density at radius 1 is 1.04 bits per heavy atom. The first-order valence-corrected chi connectivity index (χ1v) is 15.6. The van der Waals surface area contributed by atoms with Crippen molar-refractivity contribution in [2.24, 2.45) is 5.10 Å². The Morgan fingerprint density at radius 2 is 1.88 bits per heavy atom. The van der Waals surface area contributed by atoms with Gasteiger partial charge in [-0.05, 0) is 34.9 Å². The summed E-state index contributed by atoms with van der Waals surface area (Å²) in [6.45, 7) is 4.66. The quantitative estimate of drug-likeness (QED) is 0.170. The maximum atomic E-state index is 13.8. The van der Waals surface area contributed by atoms with Crippen LogP contribution in [0.4, 0.5) is 11.8 Å². The molecule has 0 radical (unpaired) electrons. The summed E-state index contributed by atoms with van der Waals surface area (Å²) in [6.07, 6.45) is 8.62. The van der Waals surface area contributed by atoms with Gasteiger partial charge in [-0.25, -0.2) is 9.97 Å². The predicted molar refractivity (Wildman–Crippen MR) is 181 cm³/mol. The number of anilines is 2. The van der Waals surface area contributed by atoms with E-state index in [9.17, 15) is 4.79 Å². The van der Waals surface area contributed by atoms with E-state index < -0.39 is 0 Å². The molecule has 2 aromatic heterocycles. The number of pyridine rings is 1. The van der Waals surface area contributed by atoms with E-state index in [0.29, 0.717) is 41.5 Å². The first-order chi connectivity index (χ1) is 23.4. The normalized spacial score (nSPS) is 16.1. The van der Waals surface area contributed by atoms with E-state index >= 15 is 0 Å². The van der Waals surface area contributed by atoms with Gasteiger partial charge in [0.1, 0.15) is 18.5 Å². The zero-order valence-electron chi connectivity index (χ0n) is 26.9. The molecule has 2 aliphatic rings. The summed E-state index contributed by atoms with van der Waals surface area (Å²) in [6, 6.07) is 15.1. The number of hydrazone groups is 1. The van der Waals surface area contributed by atoms with Crippen LogP contribution in [0, 0.1) is 0 Å². The fourth-order valence-electron chi connectivity index (χ4n) is 5.75. The molecule has 4 N–H and O–H groups in total. The van der Waals surface area contributed by atoms with Crippen LogP contribution in [0.2, 0.25) is 0 Å². The molecule has 4 heterocycles. The number of carbonyl (C=O) groups is 1. The third-order valence-electron chi connectivity index (χ3n) is 8.22. The number of fused-ring (bicyclic) bond motifs is 1. The topological polar surface area (TPSA) is 164 Å². The lowest BCUT2D eigenvalue weighted by atomic mass is 9.94. The van der Waals surface area contributed by atoms with Gasteiger partial charge in [-0.15, -0.1) is 0 Å². The molecule has 1 saturated heterocycles. The highest BCUT2D eigenvalue weighted by molar-refractivity contribution is 6.07. The van der Waals surface area contributed by atoms with E-state index in [4.69, 9.17) is 30.4 Å². The number of nitrogens with two attached hydrogens (primary N) is 2. The van der Waals surface area contributed by atoms with Gasteiger partial charge < -0.3 is 30.4 Å². The van der Waals surface area contributed by atoms with Crippen LogP contribution in [0.15, 0.2) is 78.3 Å². The Morgan fingerprint density at radius 3 is 2.62 bits per heavy atom. The number of hydrogen-bond acceptors (Lipinski definition) is 13. The summed E-state index contributed by atoms with van der Waals surface area (Å²) in [4.78, 5) is 28.8. The van der Waals surface area contributed by atoms with E-state index in [0.717, 1.165) is 55.1 Å². The van der Waals surface area contributed by atoms with E-state index in [2.05, 4.69) is 25.0 Å². The summed E-state index contributed by atoms with van der Waals surface area (Å²) in [5, 5.41) is 6.43. The summed E-state index contributed by atoms with van der Waals surface area (Å²) in [7, 11) is 3.01. The van der Waals surface area contributed by atoms with E-state index in [1.54, 1.807) is 41.9 Å². The molecular weight excluding hydrogens is 612 g/mol. The average molecular weight is 651 g/mol. The Kier molecular flexibility index (Phi) is 10.1. The third-order valence-corrected chi connectivity index (χ3v) is 8.22. The number of morpholine rings is 1. The van der Waals surface area contributed by atoms with Crippen LogP contribution in [-0.2, 0) is 11.2 Å². The van der Waals surface area contributed by atoms with Gasteiger partial charge in [0.15, 0.2) is 17.3 Å². The number of ether oxygens (including phenoxy) is 4. The van der Waals surface area contributed by atoms with Crippen LogP contribution in [0.3, 0.4) is 0 Å². The number of methoxy groups -OCH3 is 2. The van der Waals surface area contributed by atoms with Gasteiger partial charge in [0.25, 0.3) is 0 Å². The first kappa shape index (κ1) is 32.4. The second-order valence-electron chi connectivity index (χ2n) is 11.3. The molecule has 0 spiro atoms. The molecule has 248 valence electrons. The highest BCUT2D eigenvalue weighted by atomic mass is 16.5. The van der Waals surface area contributed by atoms with Crippen molar-refractivity contribution in [2.75, 3.05) is 65.1 Å². The number of rotatable bonds is 12. The number of benzene rings is 2. The number of allylic oxidation sites excluding steroid dienone is 1. The predicted octanol–water partition coefficient (Wildman–Crippen LogP) is 3.49. The van der Waals surface area contributed by atoms with Crippen LogP contribution in [0.25, 0.3) is 0 Å². The Balaban J connectivity index is 1.23. The van der Waals surface area contributed by atoms with Crippen LogP contribution in [-0.4, -0.2) is 90.5 Å². The van der Waals surface area contributed by atoms with Crippen molar-refractivity contribution in [2.45, 2.75) is 12.5 Å². The molecule has 1 fully saturated rings. The molecule has 6 rings (SSSR count). The molecule has 2 aliphatic heterocycles. The number of hydrogen-bond donors (Lipinski definition) is 2. The monoisotopic (exact) mass is 650 g/mol. The van der Waals surface area contributed by atoms with Gasteiger partial charge in [-0.2, -0.15) is 10.1 Å². The fraction of sp³-hybridized carbons (Fsp3) is 0.286. The molecule has 0 saturated carbocycles. The summed E-state index contributed by atoms with van der Waals surface area (Å²) < 4.78 is 22.6. The standard InChI is InChI=1S/C35H38N8O5/c1-45-30-19-23(17-26-21-39-35(37)41-34(26)36)18-28(33(30)46-2)29(44)9-10-43-32(27-6-4-3-5-24(27)22-40-43)25-7-8-31(38-20-25)48-16-13-42-11-14-47-15-12-42/h3-10,18-22,32H,11-17H2,1-2H3,(H4,36,37,39,41). The lowest BCUT2D eigenvalue weighted by Gasteiger charge is -2.31.